The number of rotatable bonds is 6. The van der Waals surface area contributed by atoms with Crippen LogP contribution in [0.1, 0.15) is 21.6 Å². The van der Waals surface area contributed by atoms with Crippen molar-refractivity contribution in [2.75, 3.05) is 23.8 Å². The molecule has 0 radical (unpaired) electrons. The van der Waals surface area contributed by atoms with Gasteiger partial charge in [-0.1, -0.05) is 17.7 Å². The van der Waals surface area contributed by atoms with Crippen LogP contribution in [-0.4, -0.2) is 34.5 Å². The smallest absolute Gasteiger partial charge is 0.275 e. The first-order valence-electron chi connectivity index (χ1n) is 8.42. The highest BCUT2D eigenvalue weighted by Crippen LogP contribution is 2.12. The summed E-state index contributed by atoms with van der Waals surface area (Å²) in [6.45, 7) is 2.80. The van der Waals surface area contributed by atoms with E-state index >= 15 is 0 Å². The molecule has 2 aromatic heterocycles. The van der Waals surface area contributed by atoms with Gasteiger partial charge in [-0.15, -0.1) is 0 Å². The number of hydrogen-bond donors (Lipinski definition) is 1. The number of carbonyl (C=O) groups excluding carboxylic acids is 1. The van der Waals surface area contributed by atoms with Gasteiger partial charge in [0, 0.05) is 31.7 Å². The Balaban J connectivity index is 1.58. The highest BCUT2D eigenvalue weighted by atomic mass is 16.1. The fourth-order valence-corrected chi connectivity index (χ4v) is 2.43. The molecule has 0 atom stereocenters. The van der Waals surface area contributed by atoms with Crippen molar-refractivity contribution in [1.82, 2.24) is 15.0 Å². The van der Waals surface area contributed by atoms with Gasteiger partial charge in [0.1, 0.15) is 11.5 Å². The van der Waals surface area contributed by atoms with Gasteiger partial charge in [-0.05, 0) is 43.2 Å². The number of aromatic nitrogens is 3. The largest absolute Gasteiger partial charge is 0.358 e. The second kappa shape index (κ2) is 8.20. The Labute approximate surface area is 153 Å². The SMILES string of the molecule is Cc1ccc(NC(=O)c2cnc(N(C)CCc3ccncc3)cn2)cc1. The summed E-state index contributed by atoms with van der Waals surface area (Å²) in [5, 5.41) is 2.82. The minimum Gasteiger partial charge on any atom is -0.358 e. The molecule has 1 N–H and O–H groups in total. The molecule has 0 fully saturated rings. The Hall–Kier alpha value is -3.28. The normalized spacial score (nSPS) is 10.4. The molecule has 6 nitrogen and oxygen atoms in total. The number of nitrogens with zero attached hydrogens (tertiary/aromatic N) is 4. The van der Waals surface area contributed by atoms with Crippen molar-refractivity contribution in [3.63, 3.8) is 0 Å². The first-order chi connectivity index (χ1) is 12.6. The van der Waals surface area contributed by atoms with Crippen molar-refractivity contribution in [1.29, 1.82) is 0 Å². The van der Waals surface area contributed by atoms with E-state index in [0.717, 1.165) is 30.0 Å². The highest BCUT2D eigenvalue weighted by Gasteiger charge is 2.10. The maximum atomic E-state index is 12.3. The zero-order chi connectivity index (χ0) is 18.4. The van der Waals surface area contributed by atoms with Crippen LogP contribution in [0.25, 0.3) is 0 Å². The van der Waals surface area contributed by atoms with E-state index in [-0.39, 0.29) is 11.6 Å². The summed E-state index contributed by atoms with van der Waals surface area (Å²) in [5.41, 5.74) is 3.38. The molecule has 132 valence electrons. The van der Waals surface area contributed by atoms with E-state index in [9.17, 15) is 4.79 Å². The average molecular weight is 347 g/mol. The van der Waals surface area contributed by atoms with Crippen LogP contribution in [0.3, 0.4) is 0 Å². The molecular weight excluding hydrogens is 326 g/mol. The maximum Gasteiger partial charge on any atom is 0.275 e. The summed E-state index contributed by atoms with van der Waals surface area (Å²) in [7, 11) is 1.96. The van der Waals surface area contributed by atoms with E-state index in [4.69, 9.17) is 0 Å². The number of pyridine rings is 1. The summed E-state index contributed by atoms with van der Waals surface area (Å²) in [4.78, 5) is 26.9. The summed E-state index contributed by atoms with van der Waals surface area (Å²) >= 11 is 0. The fraction of sp³-hybridized carbons (Fsp3) is 0.200. The summed E-state index contributed by atoms with van der Waals surface area (Å²) < 4.78 is 0. The van der Waals surface area contributed by atoms with Crippen LogP contribution < -0.4 is 10.2 Å². The van der Waals surface area contributed by atoms with Gasteiger partial charge in [-0.25, -0.2) is 9.97 Å². The van der Waals surface area contributed by atoms with Gasteiger partial charge < -0.3 is 10.2 Å². The Morgan fingerprint density at radius 2 is 1.77 bits per heavy atom. The Morgan fingerprint density at radius 3 is 2.42 bits per heavy atom. The average Bonchev–Trinajstić information content (AvgIpc) is 2.69. The van der Waals surface area contributed by atoms with Crippen LogP contribution in [-0.2, 0) is 6.42 Å². The number of aryl methyl sites for hydroxylation is 1. The number of anilines is 2. The topological polar surface area (TPSA) is 71.0 Å². The number of carbonyl (C=O) groups is 1. The minimum absolute atomic E-state index is 0.271. The molecule has 1 amide bonds. The number of hydrogen-bond acceptors (Lipinski definition) is 5. The third kappa shape index (κ3) is 4.63. The second-order valence-corrected chi connectivity index (χ2v) is 6.11. The van der Waals surface area contributed by atoms with Crippen molar-refractivity contribution < 1.29 is 4.79 Å². The minimum atomic E-state index is -0.271. The van der Waals surface area contributed by atoms with E-state index in [1.807, 2.05) is 55.3 Å². The quantitative estimate of drug-likeness (QED) is 0.742. The predicted octanol–water partition coefficient (Wildman–Crippen LogP) is 3.11. The van der Waals surface area contributed by atoms with Gasteiger partial charge >= 0.3 is 0 Å². The van der Waals surface area contributed by atoms with Crippen molar-refractivity contribution in [3.8, 4) is 0 Å². The van der Waals surface area contributed by atoms with Crippen LogP contribution >= 0.6 is 0 Å². The lowest BCUT2D eigenvalue weighted by atomic mass is 10.2. The third-order valence-electron chi connectivity index (χ3n) is 4.06. The maximum absolute atomic E-state index is 12.3. The summed E-state index contributed by atoms with van der Waals surface area (Å²) in [5.74, 6) is 0.457. The van der Waals surface area contributed by atoms with E-state index in [1.165, 1.54) is 11.8 Å². The molecule has 3 aromatic rings. The van der Waals surface area contributed by atoms with Gasteiger partial charge in [-0.3, -0.25) is 9.78 Å². The third-order valence-corrected chi connectivity index (χ3v) is 4.06. The van der Waals surface area contributed by atoms with Gasteiger partial charge in [0.2, 0.25) is 0 Å². The molecule has 0 unspecified atom stereocenters. The molecule has 0 saturated carbocycles. The number of likely N-dealkylation sites (N-methyl/N-ethyl adjacent to an activating group) is 1. The molecule has 0 bridgehead atoms. The van der Waals surface area contributed by atoms with Gasteiger partial charge in [-0.2, -0.15) is 0 Å². The van der Waals surface area contributed by atoms with Crippen LogP contribution in [0.2, 0.25) is 0 Å². The Morgan fingerprint density at radius 1 is 1.04 bits per heavy atom. The monoisotopic (exact) mass is 347 g/mol. The Kier molecular flexibility index (Phi) is 5.53. The highest BCUT2D eigenvalue weighted by molar-refractivity contribution is 6.02. The molecule has 6 heteroatoms. The summed E-state index contributed by atoms with van der Waals surface area (Å²) in [6, 6.07) is 11.6. The van der Waals surface area contributed by atoms with E-state index < -0.39 is 0 Å². The lowest BCUT2D eigenvalue weighted by Gasteiger charge is -2.17. The second-order valence-electron chi connectivity index (χ2n) is 6.11. The standard InChI is InChI=1S/C20H21N5O/c1-15-3-5-17(6-4-15)24-20(26)18-13-23-19(14-22-18)25(2)12-9-16-7-10-21-11-8-16/h3-8,10-11,13-14H,9,12H2,1-2H3,(H,24,26). The first-order valence-corrected chi connectivity index (χ1v) is 8.42. The van der Waals surface area contributed by atoms with Crippen molar-refractivity contribution >= 4 is 17.4 Å². The molecule has 2 heterocycles. The molecule has 1 aromatic carbocycles. The zero-order valence-electron chi connectivity index (χ0n) is 14.9. The van der Waals surface area contributed by atoms with Crippen molar-refractivity contribution in [2.24, 2.45) is 0 Å². The number of nitrogens with one attached hydrogen (secondary N) is 1. The van der Waals surface area contributed by atoms with Crippen molar-refractivity contribution in [2.45, 2.75) is 13.3 Å². The number of amides is 1. The zero-order valence-corrected chi connectivity index (χ0v) is 14.9. The molecule has 26 heavy (non-hydrogen) atoms. The van der Waals surface area contributed by atoms with Gasteiger partial charge in [0.25, 0.3) is 5.91 Å². The van der Waals surface area contributed by atoms with Crippen LogP contribution in [0, 0.1) is 6.92 Å². The molecule has 0 spiro atoms. The van der Waals surface area contributed by atoms with Crippen LogP contribution in [0.5, 0.6) is 0 Å². The summed E-state index contributed by atoms with van der Waals surface area (Å²) in [6.07, 6.45) is 7.59. The van der Waals surface area contributed by atoms with Crippen molar-refractivity contribution in [3.05, 3.63) is 78.0 Å². The van der Waals surface area contributed by atoms with Crippen LogP contribution in [0.15, 0.2) is 61.2 Å². The molecule has 0 aliphatic heterocycles. The predicted molar refractivity (Wildman–Crippen MR) is 102 cm³/mol. The fourth-order valence-electron chi connectivity index (χ4n) is 2.43. The number of benzene rings is 1. The molecule has 0 aliphatic rings. The van der Waals surface area contributed by atoms with E-state index in [1.54, 1.807) is 18.6 Å². The molecule has 0 saturated heterocycles. The lowest BCUT2D eigenvalue weighted by molar-refractivity contribution is 0.102. The molecular formula is C20H21N5O. The first kappa shape index (κ1) is 17.5. The van der Waals surface area contributed by atoms with E-state index in [0.29, 0.717) is 0 Å². The lowest BCUT2D eigenvalue weighted by Crippen LogP contribution is -2.22. The van der Waals surface area contributed by atoms with E-state index in [2.05, 4.69) is 20.3 Å². The van der Waals surface area contributed by atoms with Gasteiger partial charge in [0.15, 0.2) is 0 Å². The van der Waals surface area contributed by atoms with Crippen LogP contribution in [0.4, 0.5) is 11.5 Å². The molecule has 3 rings (SSSR count). The van der Waals surface area contributed by atoms with Gasteiger partial charge in [0.05, 0.1) is 12.4 Å². The Bertz CT molecular complexity index is 848. The molecule has 0 aliphatic carbocycles.